The normalized spacial score (nSPS) is 11.3. The SMILES string of the molecule is CC(C)CNC(=O)CN(C)C(=O)OCC(F)(F)F. The summed E-state index contributed by atoms with van der Waals surface area (Å²) >= 11 is 0. The van der Waals surface area contributed by atoms with Crippen LogP contribution in [0.25, 0.3) is 0 Å². The molecule has 0 heterocycles. The Morgan fingerprint density at radius 3 is 2.33 bits per heavy atom. The molecule has 0 fully saturated rings. The Bertz CT molecular complexity index is 293. The zero-order valence-corrected chi connectivity index (χ0v) is 10.5. The van der Waals surface area contributed by atoms with Crippen LogP contribution < -0.4 is 5.32 Å². The standard InChI is InChI=1S/C10H17F3N2O3/c1-7(2)4-14-8(16)5-15(3)9(17)18-6-10(11,12)13/h7H,4-6H2,1-3H3,(H,14,16). The molecule has 0 rings (SSSR count). The van der Waals surface area contributed by atoms with Crippen molar-refractivity contribution in [3.8, 4) is 0 Å². The Balaban J connectivity index is 3.97. The average Bonchev–Trinajstić information content (AvgIpc) is 2.21. The average molecular weight is 270 g/mol. The van der Waals surface area contributed by atoms with E-state index in [-0.39, 0.29) is 12.5 Å². The summed E-state index contributed by atoms with van der Waals surface area (Å²) in [6.45, 7) is 2.21. The van der Waals surface area contributed by atoms with Crippen molar-refractivity contribution in [2.45, 2.75) is 20.0 Å². The van der Waals surface area contributed by atoms with Crippen molar-refractivity contribution in [3.63, 3.8) is 0 Å². The highest BCUT2D eigenvalue weighted by atomic mass is 19.4. The van der Waals surface area contributed by atoms with E-state index >= 15 is 0 Å². The first-order valence-corrected chi connectivity index (χ1v) is 5.33. The minimum Gasteiger partial charge on any atom is -0.440 e. The molecule has 0 bridgehead atoms. The number of halogens is 3. The quantitative estimate of drug-likeness (QED) is 0.821. The number of carbonyl (C=O) groups excluding carboxylic acids is 2. The summed E-state index contributed by atoms with van der Waals surface area (Å²) in [6.07, 6.45) is -5.76. The number of likely N-dealkylation sites (N-methyl/N-ethyl adjacent to an activating group) is 1. The van der Waals surface area contributed by atoms with Gasteiger partial charge in [-0.05, 0) is 5.92 Å². The van der Waals surface area contributed by atoms with Gasteiger partial charge < -0.3 is 15.0 Å². The zero-order chi connectivity index (χ0) is 14.3. The van der Waals surface area contributed by atoms with Crippen LogP contribution in [0.2, 0.25) is 0 Å². The molecule has 0 aliphatic rings. The summed E-state index contributed by atoms with van der Waals surface area (Å²) in [6, 6.07) is 0. The molecule has 0 aromatic heterocycles. The molecule has 18 heavy (non-hydrogen) atoms. The Kier molecular flexibility index (Phi) is 6.50. The number of nitrogens with zero attached hydrogens (tertiary/aromatic N) is 1. The maximum atomic E-state index is 11.8. The predicted octanol–water partition coefficient (Wildman–Crippen LogP) is 1.39. The topological polar surface area (TPSA) is 58.6 Å². The van der Waals surface area contributed by atoms with Crippen molar-refractivity contribution in [2.24, 2.45) is 5.92 Å². The van der Waals surface area contributed by atoms with Crippen LogP contribution in [0.1, 0.15) is 13.8 Å². The van der Waals surface area contributed by atoms with Gasteiger partial charge in [-0.3, -0.25) is 4.79 Å². The van der Waals surface area contributed by atoms with Crippen LogP contribution in [-0.2, 0) is 9.53 Å². The van der Waals surface area contributed by atoms with Crippen molar-refractivity contribution in [3.05, 3.63) is 0 Å². The maximum Gasteiger partial charge on any atom is 0.422 e. The van der Waals surface area contributed by atoms with E-state index < -0.39 is 24.8 Å². The van der Waals surface area contributed by atoms with Gasteiger partial charge in [-0.2, -0.15) is 13.2 Å². The second-order valence-electron chi connectivity index (χ2n) is 4.22. The van der Waals surface area contributed by atoms with Gasteiger partial charge >= 0.3 is 12.3 Å². The summed E-state index contributed by atoms with van der Waals surface area (Å²) in [7, 11) is 1.19. The van der Waals surface area contributed by atoms with Crippen molar-refractivity contribution < 1.29 is 27.5 Å². The van der Waals surface area contributed by atoms with E-state index in [9.17, 15) is 22.8 Å². The van der Waals surface area contributed by atoms with E-state index in [1.807, 2.05) is 13.8 Å². The Morgan fingerprint density at radius 2 is 1.89 bits per heavy atom. The van der Waals surface area contributed by atoms with Crippen LogP contribution in [0.3, 0.4) is 0 Å². The molecule has 0 saturated heterocycles. The molecule has 0 aliphatic carbocycles. The van der Waals surface area contributed by atoms with Gasteiger partial charge in [-0.1, -0.05) is 13.8 Å². The highest BCUT2D eigenvalue weighted by Crippen LogP contribution is 2.14. The molecular formula is C10H17F3N2O3. The molecule has 0 unspecified atom stereocenters. The fourth-order valence-electron chi connectivity index (χ4n) is 0.908. The molecule has 0 aliphatic heterocycles. The summed E-state index contributed by atoms with van der Waals surface area (Å²) in [5, 5.41) is 2.53. The van der Waals surface area contributed by atoms with Crippen LogP contribution in [-0.4, -0.2) is 49.8 Å². The molecule has 8 heteroatoms. The number of amides is 2. The lowest BCUT2D eigenvalue weighted by Gasteiger charge is -2.17. The van der Waals surface area contributed by atoms with Crippen molar-refractivity contribution in [1.82, 2.24) is 10.2 Å². The van der Waals surface area contributed by atoms with Gasteiger partial charge in [-0.25, -0.2) is 4.79 Å². The lowest BCUT2D eigenvalue weighted by molar-refractivity contribution is -0.162. The highest BCUT2D eigenvalue weighted by Gasteiger charge is 2.30. The first-order chi connectivity index (χ1) is 8.11. The molecule has 1 N–H and O–H groups in total. The zero-order valence-electron chi connectivity index (χ0n) is 10.5. The van der Waals surface area contributed by atoms with E-state index in [0.29, 0.717) is 6.54 Å². The molecule has 0 saturated carbocycles. The molecule has 5 nitrogen and oxygen atoms in total. The molecular weight excluding hydrogens is 253 g/mol. The second kappa shape index (κ2) is 7.07. The lowest BCUT2D eigenvalue weighted by atomic mass is 10.2. The summed E-state index contributed by atoms with van der Waals surface area (Å²) in [5.74, 6) is -0.202. The number of hydrogen-bond donors (Lipinski definition) is 1. The molecule has 0 aromatic rings. The van der Waals surface area contributed by atoms with Crippen LogP contribution in [0, 0.1) is 5.92 Å². The number of alkyl halides is 3. The second-order valence-corrected chi connectivity index (χ2v) is 4.22. The highest BCUT2D eigenvalue weighted by molar-refractivity contribution is 5.82. The molecule has 0 aromatic carbocycles. The van der Waals surface area contributed by atoms with Gasteiger partial charge in [0.15, 0.2) is 6.61 Å². The van der Waals surface area contributed by atoms with E-state index in [1.165, 1.54) is 7.05 Å². The number of rotatable bonds is 5. The summed E-state index contributed by atoms with van der Waals surface area (Å²) in [5.41, 5.74) is 0. The minimum atomic E-state index is -4.57. The monoisotopic (exact) mass is 270 g/mol. The van der Waals surface area contributed by atoms with Crippen LogP contribution in [0.5, 0.6) is 0 Å². The first-order valence-electron chi connectivity index (χ1n) is 5.33. The van der Waals surface area contributed by atoms with Gasteiger partial charge in [0, 0.05) is 13.6 Å². The van der Waals surface area contributed by atoms with Crippen LogP contribution >= 0.6 is 0 Å². The van der Waals surface area contributed by atoms with Crippen LogP contribution in [0.4, 0.5) is 18.0 Å². The maximum absolute atomic E-state index is 11.8. The Hall–Kier alpha value is -1.47. The van der Waals surface area contributed by atoms with Crippen molar-refractivity contribution in [2.75, 3.05) is 26.7 Å². The molecule has 0 spiro atoms. The largest absolute Gasteiger partial charge is 0.440 e. The van der Waals surface area contributed by atoms with Gasteiger partial charge in [0.2, 0.25) is 5.91 Å². The molecule has 2 amide bonds. The number of carbonyl (C=O) groups is 2. The summed E-state index contributed by atoms with van der Waals surface area (Å²) < 4.78 is 39.3. The number of nitrogens with one attached hydrogen (secondary N) is 1. The lowest BCUT2D eigenvalue weighted by Crippen LogP contribution is -2.40. The Morgan fingerprint density at radius 1 is 1.33 bits per heavy atom. The molecule has 0 atom stereocenters. The third-order valence-electron chi connectivity index (χ3n) is 1.76. The molecule has 0 radical (unpaired) electrons. The van der Waals surface area contributed by atoms with E-state index in [2.05, 4.69) is 10.1 Å². The van der Waals surface area contributed by atoms with E-state index in [4.69, 9.17) is 0 Å². The molecule has 106 valence electrons. The van der Waals surface area contributed by atoms with Crippen molar-refractivity contribution >= 4 is 12.0 Å². The van der Waals surface area contributed by atoms with Crippen LogP contribution in [0.15, 0.2) is 0 Å². The minimum absolute atomic E-state index is 0.247. The summed E-state index contributed by atoms with van der Waals surface area (Å²) in [4.78, 5) is 23.1. The van der Waals surface area contributed by atoms with E-state index in [0.717, 1.165) is 4.90 Å². The van der Waals surface area contributed by atoms with Gasteiger partial charge in [0.05, 0.1) is 0 Å². The number of hydrogen-bond acceptors (Lipinski definition) is 3. The Labute approximate surface area is 103 Å². The fraction of sp³-hybridized carbons (Fsp3) is 0.800. The van der Waals surface area contributed by atoms with Gasteiger partial charge in [0.25, 0.3) is 0 Å². The van der Waals surface area contributed by atoms with Gasteiger partial charge in [0.1, 0.15) is 6.54 Å². The smallest absolute Gasteiger partial charge is 0.422 e. The third kappa shape index (κ3) is 8.66. The number of ether oxygens (including phenoxy) is 1. The third-order valence-corrected chi connectivity index (χ3v) is 1.76. The van der Waals surface area contributed by atoms with E-state index in [1.54, 1.807) is 0 Å². The predicted molar refractivity (Wildman–Crippen MR) is 57.9 cm³/mol. The van der Waals surface area contributed by atoms with Crippen molar-refractivity contribution in [1.29, 1.82) is 0 Å². The fourth-order valence-corrected chi connectivity index (χ4v) is 0.908. The first kappa shape index (κ1) is 16.5. The van der Waals surface area contributed by atoms with Gasteiger partial charge in [-0.15, -0.1) is 0 Å².